The van der Waals surface area contributed by atoms with Crippen LogP contribution in [0.1, 0.15) is 5.56 Å². The molecule has 8 heteroatoms. The Labute approximate surface area is 113 Å². The van der Waals surface area contributed by atoms with Crippen molar-refractivity contribution in [1.82, 2.24) is 9.78 Å². The van der Waals surface area contributed by atoms with E-state index in [2.05, 4.69) is 10.4 Å². The molecule has 0 radical (unpaired) electrons. The number of aryl methyl sites for hydroxylation is 1. The average molecular weight is 282 g/mol. The van der Waals surface area contributed by atoms with Gasteiger partial charge in [0.25, 0.3) is 5.69 Å². The number of hydrogen-bond acceptors (Lipinski definition) is 4. The standard InChI is InChI=1S/C12H12F2N4O2/c1-8-6-16-17(7-8)3-2-15-12-10(13)4-9(18(19)20)5-11(12)14/h4-7,15H,2-3H2,1H3. The van der Waals surface area contributed by atoms with Gasteiger partial charge in [0, 0.05) is 12.7 Å². The first-order valence-corrected chi connectivity index (χ1v) is 5.83. The monoisotopic (exact) mass is 282 g/mol. The lowest BCUT2D eigenvalue weighted by atomic mass is 10.2. The van der Waals surface area contributed by atoms with Crippen molar-refractivity contribution in [3.05, 3.63) is 51.8 Å². The largest absolute Gasteiger partial charge is 0.378 e. The van der Waals surface area contributed by atoms with Crippen LogP contribution >= 0.6 is 0 Å². The number of nitrogens with zero attached hydrogens (tertiary/aromatic N) is 3. The van der Waals surface area contributed by atoms with E-state index in [0.29, 0.717) is 18.7 Å². The van der Waals surface area contributed by atoms with E-state index in [-0.39, 0.29) is 12.2 Å². The maximum Gasteiger partial charge on any atom is 0.275 e. The SMILES string of the molecule is Cc1cnn(CCNc2c(F)cc([N+](=O)[O-])cc2F)c1. The molecular formula is C12H12F2N4O2. The van der Waals surface area contributed by atoms with Crippen molar-refractivity contribution in [2.24, 2.45) is 0 Å². The number of nitro benzene ring substituents is 1. The normalized spacial score (nSPS) is 10.6. The first kappa shape index (κ1) is 13.9. The summed E-state index contributed by atoms with van der Waals surface area (Å²) in [7, 11) is 0. The zero-order valence-corrected chi connectivity index (χ0v) is 10.6. The second kappa shape index (κ2) is 5.64. The Morgan fingerprint density at radius 2 is 2.05 bits per heavy atom. The van der Waals surface area contributed by atoms with Crippen LogP contribution in [0.5, 0.6) is 0 Å². The summed E-state index contributed by atoms with van der Waals surface area (Å²) in [5.41, 5.74) is -0.00886. The van der Waals surface area contributed by atoms with Crippen LogP contribution in [0.15, 0.2) is 24.5 Å². The van der Waals surface area contributed by atoms with E-state index in [1.807, 2.05) is 6.92 Å². The van der Waals surface area contributed by atoms with E-state index in [1.54, 1.807) is 17.1 Å². The molecule has 0 atom stereocenters. The smallest absolute Gasteiger partial charge is 0.275 e. The molecule has 0 unspecified atom stereocenters. The van der Waals surface area contributed by atoms with Gasteiger partial charge in [0.05, 0.1) is 29.8 Å². The Balaban J connectivity index is 2.04. The summed E-state index contributed by atoms with van der Waals surface area (Å²) >= 11 is 0. The molecule has 0 spiro atoms. The van der Waals surface area contributed by atoms with Crippen LogP contribution in [0.2, 0.25) is 0 Å². The maximum absolute atomic E-state index is 13.6. The van der Waals surface area contributed by atoms with Crippen molar-refractivity contribution in [3.63, 3.8) is 0 Å². The minimum atomic E-state index is -0.992. The summed E-state index contributed by atoms with van der Waals surface area (Å²) in [5.74, 6) is -1.98. The Bertz CT molecular complexity index is 619. The lowest BCUT2D eigenvalue weighted by molar-refractivity contribution is -0.385. The quantitative estimate of drug-likeness (QED) is 0.675. The van der Waals surface area contributed by atoms with E-state index in [4.69, 9.17) is 0 Å². The molecule has 0 amide bonds. The summed E-state index contributed by atoms with van der Waals surface area (Å²) in [6.07, 6.45) is 3.47. The third kappa shape index (κ3) is 3.08. The van der Waals surface area contributed by atoms with Crippen LogP contribution in [0.25, 0.3) is 0 Å². The zero-order valence-electron chi connectivity index (χ0n) is 10.6. The highest BCUT2D eigenvalue weighted by molar-refractivity contribution is 5.51. The molecule has 0 saturated carbocycles. The second-order valence-electron chi connectivity index (χ2n) is 4.25. The highest BCUT2D eigenvalue weighted by atomic mass is 19.1. The number of rotatable bonds is 5. The second-order valence-corrected chi connectivity index (χ2v) is 4.25. The molecular weight excluding hydrogens is 270 g/mol. The fraction of sp³-hybridized carbons (Fsp3) is 0.250. The van der Waals surface area contributed by atoms with Crippen molar-refractivity contribution in [1.29, 1.82) is 0 Å². The van der Waals surface area contributed by atoms with Crippen LogP contribution in [0, 0.1) is 28.7 Å². The summed E-state index contributed by atoms with van der Waals surface area (Å²) in [6, 6.07) is 1.37. The number of benzene rings is 1. The van der Waals surface area contributed by atoms with Gasteiger partial charge in [0.15, 0.2) is 11.6 Å². The van der Waals surface area contributed by atoms with E-state index in [1.165, 1.54) is 0 Å². The predicted molar refractivity (Wildman–Crippen MR) is 68.5 cm³/mol. The van der Waals surface area contributed by atoms with Gasteiger partial charge in [0.1, 0.15) is 5.69 Å². The Hall–Kier alpha value is -2.51. The van der Waals surface area contributed by atoms with Gasteiger partial charge in [-0.2, -0.15) is 5.10 Å². The first-order valence-electron chi connectivity index (χ1n) is 5.83. The molecule has 2 aromatic rings. The number of non-ortho nitro benzene ring substituents is 1. The minimum Gasteiger partial charge on any atom is -0.378 e. The molecule has 1 aromatic heterocycles. The van der Waals surface area contributed by atoms with E-state index < -0.39 is 22.2 Å². The summed E-state index contributed by atoms with van der Waals surface area (Å²) < 4.78 is 28.8. The number of aromatic nitrogens is 2. The zero-order chi connectivity index (χ0) is 14.7. The molecule has 2 rings (SSSR count). The fourth-order valence-corrected chi connectivity index (χ4v) is 1.72. The van der Waals surface area contributed by atoms with E-state index >= 15 is 0 Å². The number of anilines is 1. The minimum absolute atomic E-state index is 0.243. The van der Waals surface area contributed by atoms with Crippen LogP contribution < -0.4 is 5.32 Å². The Morgan fingerprint density at radius 3 is 2.55 bits per heavy atom. The van der Waals surface area contributed by atoms with Crippen molar-refractivity contribution in [2.45, 2.75) is 13.5 Å². The van der Waals surface area contributed by atoms with Gasteiger partial charge in [0.2, 0.25) is 0 Å². The van der Waals surface area contributed by atoms with Gasteiger partial charge in [-0.15, -0.1) is 0 Å². The number of halogens is 2. The van der Waals surface area contributed by atoms with Gasteiger partial charge in [-0.05, 0) is 12.5 Å². The Morgan fingerprint density at radius 1 is 1.40 bits per heavy atom. The molecule has 0 aliphatic carbocycles. The summed E-state index contributed by atoms with van der Waals surface area (Å²) in [5, 5.41) is 17.1. The lowest BCUT2D eigenvalue weighted by Gasteiger charge is -2.08. The highest BCUT2D eigenvalue weighted by Gasteiger charge is 2.16. The number of hydrogen-bond donors (Lipinski definition) is 1. The van der Waals surface area contributed by atoms with E-state index in [0.717, 1.165) is 5.56 Å². The van der Waals surface area contributed by atoms with Crippen LogP contribution in [0.3, 0.4) is 0 Å². The average Bonchev–Trinajstić information content (AvgIpc) is 2.78. The molecule has 6 nitrogen and oxygen atoms in total. The van der Waals surface area contributed by atoms with Crippen molar-refractivity contribution in [2.75, 3.05) is 11.9 Å². The van der Waals surface area contributed by atoms with Crippen molar-refractivity contribution < 1.29 is 13.7 Å². The van der Waals surface area contributed by atoms with Gasteiger partial charge in [-0.3, -0.25) is 14.8 Å². The fourth-order valence-electron chi connectivity index (χ4n) is 1.72. The topological polar surface area (TPSA) is 73.0 Å². The van der Waals surface area contributed by atoms with Crippen LogP contribution in [-0.4, -0.2) is 21.2 Å². The number of nitro groups is 1. The molecule has 0 bridgehead atoms. The molecule has 0 aliphatic rings. The molecule has 1 aromatic carbocycles. The lowest BCUT2D eigenvalue weighted by Crippen LogP contribution is -2.13. The van der Waals surface area contributed by atoms with Crippen LogP contribution in [0.4, 0.5) is 20.2 Å². The third-order valence-corrected chi connectivity index (χ3v) is 2.64. The van der Waals surface area contributed by atoms with Gasteiger partial charge in [-0.25, -0.2) is 8.78 Å². The van der Waals surface area contributed by atoms with E-state index in [9.17, 15) is 18.9 Å². The molecule has 1 N–H and O–H groups in total. The molecule has 20 heavy (non-hydrogen) atoms. The molecule has 0 fully saturated rings. The molecule has 1 heterocycles. The predicted octanol–water partition coefficient (Wildman–Crippen LogP) is 2.49. The van der Waals surface area contributed by atoms with Gasteiger partial charge in [-0.1, -0.05) is 0 Å². The highest BCUT2D eigenvalue weighted by Crippen LogP contribution is 2.24. The van der Waals surface area contributed by atoms with Gasteiger partial charge < -0.3 is 5.32 Å². The van der Waals surface area contributed by atoms with Crippen LogP contribution in [-0.2, 0) is 6.54 Å². The Kier molecular flexibility index (Phi) is 3.92. The molecule has 0 saturated heterocycles. The first-order chi connectivity index (χ1) is 9.47. The van der Waals surface area contributed by atoms with Crippen molar-refractivity contribution in [3.8, 4) is 0 Å². The maximum atomic E-state index is 13.6. The van der Waals surface area contributed by atoms with Crippen molar-refractivity contribution >= 4 is 11.4 Å². The van der Waals surface area contributed by atoms with Gasteiger partial charge >= 0.3 is 0 Å². The third-order valence-electron chi connectivity index (χ3n) is 2.64. The summed E-state index contributed by atoms with van der Waals surface area (Å²) in [4.78, 5) is 9.61. The molecule has 106 valence electrons. The summed E-state index contributed by atoms with van der Waals surface area (Å²) in [6.45, 7) is 2.54. The molecule has 0 aliphatic heterocycles. The number of nitrogens with one attached hydrogen (secondary N) is 1.